The number of anilines is 1. The highest BCUT2D eigenvalue weighted by atomic mass is 32.1. The maximum atomic E-state index is 12.5. The minimum atomic E-state index is -0.385. The van der Waals surface area contributed by atoms with Crippen LogP contribution in [0.5, 0.6) is 5.75 Å². The van der Waals surface area contributed by atoms with Crippen LogP contribution in [-0.2, 0) is 4.79 Å². The van der Waals surface area contributed by atoms with Crippen LogP contribution in [0.15, 0.2) is 34.2 Å². The number of hydrogen-bond donors (Lipinski definition) is 2. The van der Waals surface area contributed by atoms with Gasteiger partial charge in [0.2, 0.25) is 5.91 Å². The molecule has 0 radical (unpaired) electrons. The minimum absolute atomic E-state index is 0.166. The molecule has 2 aromatic heterocycles. The fraction of sp³-hybridized carbons (Fsp3) is 0.235. The van der Waals surface area contributed by atoms with Gasteiger partial charge in [-0.05, 0) is 32.9 Å². The molecule has 0 unspecified atom stereocenters. The van der Waals surface area contributed by atoms with Crippen LogP contribution in [0.2, 0.25) is 0 Å². The fourth-order valence-corrected chi connectivity index (χ4v) is 3.30. The molecule has 1 amide bonds. The summed E-state index contributed by atoms with van der Waals surface area (Å²) in [7, 11) is 0. The normalized spacial score (nSPS) is 12.1. The van der Waals surface area contributed by atoms with E-state index in [-0.39, 0.29) is 17.6 Å². The number of amides is 1. The maximum Gasteiger partial charge on any atom is 0.233 e. The Morgan fingerprint density at radius 2 is 2.17 bits per heavy atom. The summed E-state index contributed by atoms with van der Waals surface area (Å²) < 4.78 is 5.12. The summed E-state index contributed by atoms with van der Waals surface area (Å²) >= 11 is 1.34. The predicted octanol–water partition coefficient (Wildman–Crippen LogP) is 3.86. The monoisotopic (exact) mass is 343 g/mol. The molecule has 124 valence electrons. The predicted molar refractivity (Wildman–Crippen MR) is 92.2 cm³/mol. The highest BCUT2D eigenvalue weighted by Crippen LogP contribution is 2.29. The molecule has 7 heteroatoms. The summed E-state index contributed by atoms with van der Waals surface area (Å²) in [5.41, 5.74) is 3.02. The van der Waals surface area contributed by atoms with E-state index < -0.39 is 0 Å². The van der Waals surface area contributed by atoms with E-state index in [0.29, 0.717) is 16.6 Å². The summed E-state index contributed by atoms with van der Waals surface area (Å²) in [6.07, 6.45) is 0. The molecule has 0 aliphatic rings. The van der Waals surface area contributed by atoms with Crippen molar-refractivity contribution in [3.05, 3.63) is 46.7 Å². The first-order valence-corrected chi connectivity index (χ1v) is 8.32. The van der Waals surface area contributed by atoms with Gasteiger partial charge in [0.25, 0.3) is 0 Å². The van der Waals surface area contributed by atoms with Gasteiger partial charge >= 0.3 is 0 Å². The zero-order valence-corrected chi connectivity index (χ0v) is 14.3. The Morgan fingerprint density at radius 1 is 1.38 bits per heavy atom. The summed E-state index contributed by atoms with van der Waals surface area (Å²) in [4.78, 5) is 16.9. The SMILES string of the molecule is Cc1noc(C)c1[C@@H](C)C(=O)Nc1nc(-c2cccc(O)c2)cs1. The number of aromatic nitrogens is 2. The van der Waals surface area contributed by atoms with Crippen molar-refractivity contribution in [2.24, 2.45) is 0 Å². The Kier molecular flexibility index (Phi) is 4.35. The van der Waals surface area contributed by atoms with Crippen LogP contribution in [0.4, 0.5) is 5.13 Å². The second-order valence-corrected chi connectivity index (χ2v) is 6.40. The van der Waals surface area contributed by atoms with E-state index in [1.54, 1.807) is 25.1 Å². The minimum Gasteiger partial charge on any atom is -0.508 e. The van der Waals surface area contributed by atoms with Gasteiger partial charge < -0.3 is 14.9 Å². The molecule has 3 aromatic rings. The quantitative estimate of drug-likeness (QED) is 0.751. The third kappa shape index (κ3) is 3.16. The molecule has 1 atom stereocenters. The molecule has 0 aliphatic carbocycles. The fourth-order valence-electron chi connectivity index (χ4n) is 2.58. The Balaban J connectivity index is 1.76. The molecular weight excluding hydrogens is 326 g/mol. The zero-order valence-electron chi connectivity index (χ0n) is 13.5. The number of aryl methyl sites for hydroxylation is 2. The van der Waals surface area contributed by atoms with Gasteiger partial charge in [0.15, 0.2) is 5.13 Å². The van der Waals surface area contributed by atoms with E-state index in [9.17, 15) is 9.90 Å². The number of phenols is 1. The largest absolute Gasteiger partial charge is 0.508 e. The molecule has 3 rings (SSSR count). The van der Waals surface area contributed by atoms with Crippen molar-refractivity contribution in [2.75, 3.05) is 5.32 Å². The van der Waals surface area contributed by atoms with Crippen molar-refractivity contribution in [3.63, 3.8) is 0 Å². The molecule has 0 fully saturated rings. The van der Waals surface area contributed by atoms with E-state index in [4.69, 9.17) is 4.52 Å². The van der Waals surface area contributed by atoms with E-state index in [0.717, 1.165) is 16.8 Å². The topological polar surface area (TPSA) is 88.3 Å². The van der Waals surface area contributed by atoms with Crippen LogP contribution in [-0.4, -0.2) is 21.2 Å². The number of carbonyl (C=O) groups excluding carboxylic acids is 1. The Morgan fingerprint density at radius 3 is 2.83 bits per heavy atom. The number of nitrogens with one attached hydrogen (secondary N) is 1. The number of thiazole rings is 1. The number of aromatic hydroxyl groups is 1. The van der Waals surface area contributed by atoms with Gasteiger partial charge in [-0.2, -0.15) is 0 Å². The number of benzene rings is 1. The van der Waals surface area contributed by atoms with E-state index in [1.165, 1.54) is 11.3 Å². The van der Waals surface area contributed by atoms with Crippen LogP contribution in [0.3, 0.4) is 0 Å². The number of hydrogen-bond acceptors (Lipinski definition) is 6. The summed E-state index contributed by atoms with van der Waals surface area (Å²) in [6, 6.07) is 6.84. The molecule has 24 heavy (non-hydrogen) atoms. The Bertz CT molecular complexity index is 865. The Labute approximate surface area is 143 Å². The Hall–Kier alpha value is -2.67. The van der Waals surface area contributed by atoms with Crippen molar-refractivity contribution >= 4 is 22.4 Å². The number of carbonyl (C=O) groups is 1. The second kappa shape index (κ2) is 6.45. The van der Waals surface area contributed by atoms with Crippen molar-refractivity contribution in [1.29, 1.82) is 0 Å². The van der Waals surface area contributed by atoms with Crippen LogP contribution in [0.1, 0.15) is 29.9 Å². The van der Waals surface area contributed by atoms with Crippen LogP contribution < -0.4 is 5.32 Å². The van der Waals surface area contributed by atoms with Crippen molar-refractivity contribution in [2.45, 2.75) is 26.7 Å². The molecule has 6 nitrogen and oxygen atoms in total. The smallest absolute Gasteiger partial charge is 0.233 e. The van der Waals surface area contributed by atoms with Crippen molar-refractivity contribution in [1.82, 2.24) is 10.1 Å². The highest BCUT2D eigenvalue weighted by molar-refractivity contribution is 7.14. The molecule has 2 N–H and O–H groups in total. The lowest BCUT2D eigenvalue weighted by molar-refractivity contribution is -0.117. The standard InChI is InChI=1S/C17H17N3O3S/c1-9(15-10(2)20-23-11(15)3)16(22)19-17-18-14(8-24-17)12-5-4-6-13(21)7-12/h4-9,21H,1-3H3,(H,18,19,22)/t9-/m1/s1. The van der Waals surface area contributed by atoms with Gasteiger partial charge in [-0.3, -0.25) is 4.79 Å². The van der Waals surface area contributed by atoms with Crippen LogP contribution >= 0.6 is 11.3 Å². The average Bonchev–Trinajstić information content (AvgIpc) is 3.14. The van der Waals surface area contributed by atoms with Gasteiger partial charge in [-0.25, -0.2) is 4.98 Å². The maximum absolute atomic E-state index is 12.5. The first kappa shape index (κ1) is 16.2. The van der Waals surface area contributed by atoms with Crippen molar-refractivity contribution in [3.8, 4) is 17.0 Å². The molecule has 0 saturated heterocycles. The van der Waals surface area contributed by atoms with Crippen LogP contribution in [0.25, 0.3) is 11.3 Å². The zero-order chi connectivity index (χ0) is 17.3. The molecule has 0 spiro atoms. The summed E-state index contributed by atoms with van der Waals surface area (Å²) in [5.74, 6) is 0.276. The molecule has 0 bridgehead atoms. The molecule has 2 heterocycles. The van der Waals surface area contributed by atoms with Gasteiger partial charge in [0, 0.05) is 16.5 Å². The number of nitrogens with zero attached hydrogens (tertiary/aromatic N) is 2. The van der Waals surface area contributed by atoms with Crippen LogP contribution in [0, 0.1) is 13.8 Å². The molecule has 0 saturated carbocycles. The molecular formula is C17H17N3O3S. The lowest BCUT2D eigenvalue weighted by atomic mass is 9.99. The molecule has 1 aromatic carbocycles. The third-order valence-corrected chi connectivity index (χ3v) is 4.55. The summed E-state index contributed by atoms with van der Waals surface area (Å²) in [6.45, 7) is 5.42. The van der Waals surface area contributed by atoms with Crippen molar-refractivity contribution < 1.29 is 14.4 Å². The molecule has 0 aliphatic heterocycles. The average molecular weight is 343 g/mol. The lowest BCUT2D eigenvalue weighted by Crippen LogP contribution is -2.19. The highest BCUT2D eigenvalue weighted by Gasteiger charge is 2.23. The van der Waals surface area contributed by atoms with Gasteiger partial charge in [-0.1, -0.05) is 17.3 Å². The van der Waals surface area contributed by atoms with E-state index in [2.05, 4.69) is 15.5 Å². The first-order chi connectivity index (χ1) is 11.5. The van der Waals surface area contributed by atoms with Gasteiger partial charge in [-0.15, -0.1) is 11.3 Å². The third-order valence-electron chi connectivity index (χ3n) is 3.79. The first-order valence-electron chi connectivity index (χ1n) is 7.44. The lowest BCUT2D eigenvalue weighted by Gasteiger charge is -2.10. The van der Waals surface area contributed by atoms with E-state index in [1.807, 2.05) is 25.3 Å². The number of rotatable bonds is 4. The van der Waals surface area contributed by atoms with Gasteiger partial charge in [0.05, 0.1) is 17.3 Å². The van der Waals surface area contributed by atoms with Gasteiger partial charge in [0.1, 0.15) is 11.5 Å². The number of phenolic OH excluding ortho intramolecular Hbond substituents is 1. The summed E-state index contributed by atoms with van der Waals surface area (Å²) in [5, 5.41) is 18.6. The second-order valence-electron chi connectivity index (χ2n) is 5.54. The van der Waals surface area contributed by atoms with E-state index >= 15 is 0 Å².